The first-order valence-corrected chi connectivity index (χ1v) is 6.58. The molecule has 2 aromatic rings. The number of anilines is 1. The summed E-state index contributed by atoms with van der Waals surface area (Å²) in [4.78, 5) is 9.24. The van der Waals surface area contributed by atoms with Gasteiger partial charge in [0.15, 0.2) is 0 Å². The molecule has 0 aliphatic rings. The summed E-state index contributed by atoms with van der Waals surface area (Å²) in [7, 11) is 0. The van der Waals surface area contributed by atoms with Crippen molar-refractivity contribution in [3.05, 3.63) is 46.6 Å². The van der Waals surface area contributed by atoms with Crippen LogP contribution in [0.5, 0.6) is 0 Å². The highest BCUT2D eigenvalue weighted by Gasteiger charge is 2.02. The summed E-state index contributed by atoms with van der Waals surface area (Å²) in [6.07, 6.45) is 1.63. The van der Waals surface area contributed by atoms with Gasteiger partial charge in [0.25, 0.3) is 0 Å². The Morgan fingerprint density at radius 1 is 1.29 bits per heavy atom. The van der Waals surface area contributed by atoms with Gasteiger partial charge in [-0.25, -0.2) is 14.4 Å². The lowest BCUT2D eigenvalue weighted by molar-refractivity contribution is 0.626. The van der Waals surface area contributed by atoms with E-state index >= 15 is 0 Å². The van der Waals surface area contributed by atoms with Crippen molar-refractivity contribution >= 4 is 33.5 Å². The maximum atomic E-state index is 12.7. The van der Waals surface area contributed by atoms with Gasteiger partial charge in [-0.3, -0.25) is 0 Å². The molecule has 3 nitrogen and oxygen atoms in total. The van der Waals surface area contributed by atoms with Gasteiger partial charge < -0.3 is 5.73 Å². The van der Waals surface area contributed by atoms with E-state index in [2.05, 4.69) is 25.9 Å². The molecule has 17 heavy (non-hydrogen) atoms. The molecule has 0 amide bonds. The largest absolute Gasteiger partial charge is 0.383 e. The maximum Gasteiger partial charge on any atom is 0.141 e. The van der Waals surface area contributed by atoms with Crippen LogP contribution in [-0.4, -0.2) is 9.97 Å². The van der Waals surface area contributed by atoms with Gasteiger partial charge in [0.2, 0.25) is 0 Å². The number of thioether (sulfide) groups is 1. The van der Waals surface area contributed by atoms with Crippen LogP contribution in [0.15, 0.2) is 39.8 Å². The minimum Gasteiger partial charge on any atom is -0.383 e. The Labute approximate surface area is 111 Å². The third-order valence-electron chi connectivity index (χ3n) is 2.00. The Morgan fingerprint density at radius 3 is 2.65 bits per heavy atom. The number of benzene rings is 1. The maximum absolute atomic E-state index is 12.7. The molecule has 6 heteroatoms. The number of nitrogen functional groups attached to an aromatic ring is 1. The smallest absolute Gasteiger partial charge is 0.141 e. The van der Waals surface area contributed by atoms with E-state index < -0.39 is 0 Å². The standard InChI is InChI=1S/C11H9BrFN3S/c12-9-5-15-10(16-11(9)14)6-17-8-3-1-7(13)2-4-8/h1-5H,6H2,(H2,14,15,16). The average molecular weight is 314 g/mol. The lowest BCUT2D eigenvalue weighted by Crippen LogP contribution is -1.98. The van der Waals surface area contributed by atoms with Crippen LogP contribution >= 0.6 is 27.7 Å². The van der Waals surface area contributed by atoms with Gasteiger partial charge in [-0.05, 0) is 40.2 Å². The van der Waals surface area contributed by atoms with E-state index in [-0.39, 0.29) is 5.82 Å². The number of rotatable bonds is 3. The second-order valence-corrected chi connectivity index (χ2v) is 5.17. The van der Waals surface area contributed by atoms with E-state index in [1.165, 1.54) is 23.9 Å². The number of aromatic nitrogens is 2. The molecular formula is C11H9BrFN3S. The topological polar surface area (TPSA) is 51.8 Å². The molecular weight excluding hydrogens is 305 g/mol. The van der Waals surface area contributed by atoms with E-state index in [4.69, 9.17) is 5.73 Å². The molecule has 0 bridgehead atoms. The van der Waals surface area contributed by atoms with Gasteiger partial charge in [-0.2, -0.15) is 0 Å². The van der Waals surface area contributed by atoms with Crippen molar-refractivity contribution in [1.29, 1.82) is 0 Å². The first-order valence-electron chi connectivity index (χ1n) is 4.80. The minimum absolute atomic E-state index is 0.238. The Morgan fingerprint density at radius 2 is 2.00 bits per heavy atom. The van der Waals surface area contributed by atoms with Gasteiger partial charge in [0, 0.05) is 11.1 Å². The van der Waals surface area contributed by atoms with Crippen LogP contribution in [0, 0.1) is 5.82 Å². The highest BCUT2D eigenvalue weighted by molar-refractivity contribution is 9.10. The van der Waals surface area contributed by atoms with Gasteiger partial charge in [0.1, 0.15) is 17.5 Å². The zero-order chi connectivity index (χ0) is 12.3. The van der Waals surface area contributed by atoms with Crippen LogP contribution in [0.3, 0.4) is 0 Å². The van der Waals surface area contributed by atoms with Crippen LogP contribution in [0.4, 0.5) is 10.2 Å². The summed E-state index contributed by atoms with van der Waals surface area (Å²) in [5.41, 5.74) is 5.65. The van der Waals surface area contributed by atoms with Crippen molar-refractivity contribution in [3.8, 4) is 0 Å². The van der Waals surface area contributed by atoms with Crippen LogP contribution in [0.2, 0.25) is 0 Å². The zero-order valence-corrected chi connectivity index (χ0v) is 11.1. The molecule has 0 fully saturated rings. The zero-order valence-electron chi connectivity index (χ0n) is 8.73. The minimum atomic E-state index is -0.238. The molecule has 0 saturated heterocycles. The summed E-state index contributed by atoms with van der Waals surface area (Å²) in [6, 6.07) is 6.31. The van der Waals surface area contributed by atoms with Crippen LogP contribution in [0.1, 0.15) is 5.82 Å². The SMILES string of the molecule is Nc1nc(CSc2ccc(F)cc2)ncc1Br. The number of halogens is 2. The van der Waals surface area contributed by atoms with E-state index in [1.54, 1.807) is 18.3 Å². The van der Waals surface area contributed by atoms with Crippen molar-refractivity contribution in [2.45, 2.75) is 10.6 Å². The Balaban J connectivity index is 2.02. The van der Waals surface area contributed by atoms with Gasteiger partial charge in [-0.1, -0.05) is 0 Å². The van der Waals surface area contributed by atoms with Crippen molar-refractivity contribution in [1.82, 2.24) is 9.97 Å². The molecule has 2 rings (SSSR count). The predicted molar refractivity (Wildman–Crippen MR) is 70.1 cm³/mol. The molecule has 0 unspecified atom stereocenters. The Bertz CT molecular complexity index is 519. The number of nitrogens with two attached hydrogens (primary N) is 1. The van der Waals surface area contributed by atoms with Gasteiger partial charge in [0.05, 0.1) is 10.2 Å². The molecule has 2 N–H and O–H groups in total. The van der Waals surface area contributed by atoms with Crippen molar-refractivity contribution in [3.63, 3.8) is 0 Å². The summed E-state index contributed by atoms with van der Waals surface area (Å²) in [6.45, 7) is 0. The molecule has 1 aromatic carbocycles. The van der Waals surface area contributed by atoms with Crippen LogP contribution in [-0.2, 0) is 5.75 Å². The Hall–Kier alpha value is -1.14. The number of hydrogen-bond acceptors (Lipinski definition) is 4. The monoisotopic (exact) mass is 313 g/mol. The molecule has 0 aliphatic heterocycles. The number of nitrogens with zero attached hydrogens (tertiary/aromatic N) is 2. The predicted octanol–water partition coefficient (Wildman–Crippen LogP) is 3.25. The third-order valence-corrected chi connectivity index (χ3v) is 3.62. The molecule has 0 radical (unpaired) electrons. The fourth-order valence-electron chi connectivity index (χ4n) is 1.17. The first-order chi connectivity index (χ1) is 8.15. The second kappa shape index (κ2) is 5.46. The van der Waals surface area contributed by atoms with E-state index in [9.17, 15) is 4.39 Å². The fourth-order valence-corrected chi connectivity index (χ4v) is 2.12. The summed E-state index contributed by atoms with van der Waals surface area (Å²) < 4.78 is 13.4. The van der Waals surface area contributed by atoms with E-state index in [1.807, 2.05) is 0 Å². The van der Waals surface area contributed by atoms with E-state index in [0.717, 1.165) is 4.90 Å². The van der Waals surface area contributed by atoms with Crippen molar-refractivity contribution < 1.29 is 4.39 Å². The molecule has 1 heterocycles. The highest BCUT2D eigenvalue weighted by atomic mass is 79.9. The van der Waals surface area contributed by atoms with Crippen LogP contribution in [0.25, 0.3) is 0 Å². The Kier molecular flexibility index (Phi) is 3.96. The van der Waals surface area contributed by atoms with E-state index in [0.29, 0.717) is 21.9 Å². The molecule has 0 saturated carbocycles. The summed E-state index contributed by atoms with van der Waals surface area (Å²) in [5.74, 6) is 1.44. The van der Waals surface area contributed by atoms with Gasteiger partial charge in [-0.15, -0.1) is 11.8 Å². The molecule has 88 valence electrons. The van der Waals surface area contributed by atoms with Crippen molar-refractivity contribution in [2.24, 2.45) is 0 Å². The van der Waals surface area contributed by atoms with Gasteiger partial charge >= 0.3 is 0 Å². The molecule has 0 aliphatic carbocycles. The normalized spacial score (nSPS) is 10.5. The summed E-state index contributed by atoms with van der Waals surface area (Å²) in [5, 5.41) is 0. The average Bonchev–Trinajstić information content (AvgIpc) is 2.33. The highest BCUT2D eigenvalue weighted by Crippen LogP contribution is 2.23. The lowest BCUT2D eigenvalue weighted by Gasteiger charge is -2.02. The van der Waals surface area contributed by atoms with Crippen molar-refractivity contribution in [2.75, 3.05) is 5.73 Å². The first kappa shape index (κ1) is 12.3. The number of hydrogen-bond donors (Lipinski definition) is 1. The lowest BCUT2D eigenvalue weighted by atomic mass is 10.4. The molecule has 0 spiro atoms. The summed E-state index contributed by atoms with van der Waals surface area (Å²) >= 11 is 4.77. The third kappa shape index (κ3) is 3.41. The fraction of sp³-hybridized carbons (Fsp3) is 0.0909. The second-order valence-electron chi connectivity index (χ2n) is 3.26. The van der Waals surface area contributed by atoms with Crippen LogP contribution < -0.4 is 5.73 Å². The molecule has 1 aromatic heterocycles. The quantitative estimate of drug-likeness (QED) is 0.884. The molecule has 0 atom stereocenters.